The van der Waals surface area contributed by atoms with Gasteiger partial charge in [-0.2, -0.15) is 5.10 Å². The Balaban J connectivity index is 1.68. The Morgan fingerprint density at radius 3 is 2.76 bits per heavy atom. The van der Waals surface area contributed by atoms with Gasteiger partial charge in [-0.3, -0.25) is 14.3 Å². The van der Waals surface area contributed by atoms with E-state index in [-0.39, 0.29) is 24.2 Å². The number of aromatic nitrogens is 2. The van der Waals surface area contributed by atoms with E-state index in [0.29, 0.717) is 12.2 Å². The van der Waals surface area contributed by atoms with Gasteiger partial charge >= 0.3 is 0 Å². The Kier molecular flexibility index (Phi) is 3.43. The lowest BCUT2D eigenvalue weighted by Crippen LogP contribution is -2.28. The van der Waals surface area contributed by atoms with E-state index in [1.165, 1.54) is 0 Å². The maximum absolute atomic E-state index is 12.2. The molecule has 1 saturated heterocycles. The van der Waals surface area contributed by atoms with E-state index in [1.54, 1.807) is 29.0 Å². The molecule has 2 amide bonds. The van der Waals surface area contributed by atoms with Gasteiger partial charge in [0, 0.05) is 31.9 Å². The van der Waals surface area contributed by atoms with Crippen molar-refractivity contribution >= 4 is 23.2 Å². The smallest absolute Gasteiger partial charge is 0.229 e. The van der Waals surface area contributed by atoms with Crippen LogP contribution in [0.1, 0.15) is 6.42 Å². The number of rotatable bonds is 3. The molecular formula is C15H16N4O2. The second kappa shape index (κ2) is 5.40. The van der Waals surface area contributed by atoms with Gasteiger partial charge in [-0.15, -0.1) is 0 Å². The molecule has 108 valence electrons. The van der Waals surface area contributed by atoms with Crippen LogP contribution < -0.4 is 10.2 Å². The molecule has 0 spiro atoms. The predicted molar refractivity (Wildman–Crippen MR) is 78.7 cm³/mol. The number of anilines is 2. The van der Waals surface area contributed by atoms with Crippen molar-refractivity contribution in [1.29, 1.82) is 0 Å². The van der Waals surface area contributed by atoms with Crippen molar-refractivity contribution in [2.24, 2.45) is 13.0 Å². The number of nitrogens with one attached hydrogen (secondary N) is 1. The third-order valence-electron chi connectivity index (χ3n) is 3.54. The maximum Gasteiger partial charge on any atom is 0.229 e. The largest absolute Gasteiger partial charge is 0.323 e. The Hall–Kier alpha value is -2.63. The molecule has 3 rings (SSSR count). The van der Waals surface area contributed by atoms with Gasteiger partial charge in [0.1, 0.15) is 0 Å². The molecule has 1 aromatic heterocycles. The molecular weight excluding hydrogens is 268 g/mol. The minimum Gasteiger partial charge on any atom is -0.323 e. The molecule has 21 heavy (non-hydrogen) atoms. The first kappa shape index (κ1) is 13.4. The highest BCUT2D eigenvalue weighted by Gasteiger charge is 2.35. The Morgan fingerprint density at radius 2 is 2.10 bits per heavy atom. The van der Waals surface area contributed by atoms with E-state index in [4.69, 9.17) is 0 Å². The van der Waals surface area contributed by atoms with Crippen LogP contribution in [0.15, 0.2) is 42.7 Å². The fourth-order valence-electron chi connectivity index (χ4n) is 2.47. The zero-order chi connectivity index (χ0) is 14.8. The van der Waals surface area contributed by atoms with E-state index in [0.717, 1.165) is 5.69 Å². The molecule has 2 heterocycles. The molecule has 6 nitrogen and oxygen atoms in total. The van der Waals surface area contributed by atoms with Gasteiger partial charge in [0.2, 0.25) is 11.8 Å². The van der Waals surface area contributed by atoms with Crippen LogP contribution in [-0.4, -0.2) is 28.1 Å². The lowest BCUT2D eigenvalue weighted by atomic mass is 10.1. The molecule has 1 unspecified atom stereocenters. The van der Waals surface area contributed by atoms with Crippen molar-refractivity contribution in [2.45, 2.75) is 6.42 Å². The average molecular weight is 284 g/mol. The van der Waals surface area contributed by atoms with Gasteiger partial charge in [0.15, 0.2) is 0 Å². The molecule has 2 aromatic rings. The molecule has 0 aliphatic carbocycles. The normalized spacial score (nSPS) is 18.0. The number of aryl methyl sites for hydroxylation is 1. The van der Waals surface area contributed by atoms with Gasteiger partial charge < -0.3 is 10.2 Å². The van der Waals surface area contributed by atoms with Crippen LogP contribution in [0.3, 0.4) is 0 Å². The van der Waals surface area contributed by atoms with Crippen molar-refractivity contribution in [1.82, 2.24) is 9.78 Å². The van der Waals surface area contributed by atoms with Crippen LogP contribution in [0.4, 0.5) is 11.4 Å². The average Bonchev–Trinajstić information content (AvgIpc) is 3.06. The van der Waals surface area contributed by atoms with Crippen molar-refractivity contribution in [3.8, 4) is 0 Å². The quantitative estimate of drug-likeness (QED) is 0.926. The third kappa shape index (κ3) is 2.79. The Labute approximate surface area is 122 Å². The minimum atomic E-state index is -0.335. The summed E-state index contributed by atoms with van der Waals surface area (Å²) in [5.74, 6) is -0.500. The summed E-state index contributed by atoms with van der Waals surface area (Å²) in [6.07, 6.45) is 3.55. The number of carbonyl (C=O) groups is 2. The fraction of sp³-hybridized carbons (Fsp3) is 0.267. The summed E-state index contributed by atoms with van der Waals surface area (Å²) in [5, 5.41) is 6.79. The lowest BCUT2D eigenvalue weighted by molar-refractivity contribution is -0.122. The summed E-state index contributed by atoms with van der Waals surface area (Å²) in [6.45, 7) is 0.412. The molecule has 1 atom stereocenters. The molecule has 0 radical (unpaired) electrons. The van der Waals surface area contributed by atoms with E-state index < -0.39 is 0 Å². The molecule has 1 N–H and O–H groups in total. The molecule has 0 bridgehead atoms. The molecule has 1 fully saturated rings. The van der Waals surface area contributed by atoms with Crippen LogP contribution in [0, 0.1) is 5.92 Å². The summed E-state index contributed by atoms with van der Waals surface area (Å²) >= 11 is 0. The summed E-state index contributed by atoms with van der Waals surface area (Å²) in [4.78, 5) is 26.0. The van der Waals surface area contributed by atoms with Gasteiger partial charge in [0.05, 0.1) is 17.8 Å². The monoisotopic (exact) mass is 284 g/mol. The number of benzene rings is 1. The molecule has 1 aromatic carbocycles. The first-order valence-corrected chi connectivity index (χ1v) is 6.78. The van der Waals surface area contributed by atoms with E-state index in [9.17, 15) is 9.59 Å². The Bertz CT molecular complexity index is 665. The van der Waals surface area contributed by atoms with Crippen molar-refractivity contribution < 1.29 is 9.59 Å². The Morgan fingerprint density at radius 1 is 1.33 bits per heavy atom. The van der Waals surface area contributed by atoms with Gasteiger partial charge in [-0.1, -0.05) is 18.2 Å². The van der Waals surface area contributed by atoms with E-state index >= 15 is 0 Å². The van der Waals surface area contributed by atoms with Crippen LogP contribution in [-0.2, 0) is 16.6 Å². The molecule has 1 aliphatic heterocycles. The van der Waals surface area contributed by atoms with Crippen LogP contribution in [0.5, 0.6) is 0 Å². The summed E-state index contributed by atoms with van der Waals surface area (Å²) in [5.41, 5.74) is 1.48. The molecule has 0 saturated carbocycles. The minimum absolute atomic E-state index is 0.0208. The van der Waals surface area contributed by atoms with Crippen LogP contribution in [0.2, 0.25) is 0 Å². The van der Waals surface area contributed by atoms with Crippen LogP contribution >= 0.6 is 0 Å². The van der Waals surface area contributed by atoms with E-state index in [2.05, 4.69) is 10.4 Å². The highest BCUT2D eigenvalue weighted by atomic mass is 16.2. The summed E-state index contributed by atoms with van der Waals surface area (Å²) in [6, 6.07) is 9.41. The zero-order valence-corrected chi connectivity index (χ0v) is 11.7. The van der Waals surface area contributed by atoms with Crippen molar-refractivity contribution in [3.63, 3.8) is 0 Å². The maximum atomic E-state index is 12.2. The number of hydrogen-bond acceptors (Lipinski definition) is 3. The fourth-order valence-corrected chi connectivity index (χ4v) is 2.47. The second-order valence-corrected chi connectivity index (χ2v) is 5.13. The second-order valence-electron chi connectivity index (χ2n) is 5.13. The van der Waals surface area contributed by atoms with Gasteiger partial charge in [-0.25, -0.2) is 0 Å². The third-order valence-corrected chi connectivity index (χ3v) is 3.54. The predicted octanol–water partition coefficient (Wildman–Crippen LogP) is 1.41. The van der Waals surface area contributed by atoms with Gasteiger partial charge in [0.25, 0.3) is 0 Å². The van der Waals surface area contributed by atoms with E-state index in [1.807, 2.05) is 30.3 Å². The zero-order valence-electron chi connectivity index (χ0n) is 11.7. The highest BCUT2D eigenvalue weighted by molar-refractivity contribution is 6.03. The SMILES string of the molecule is Cn1cc(NC(=O)C2CC(=O)N(c3ccccc3)C2)cn1. The number of amides is 2. The summed E-state index contributed by atoms with van der Waals surface area (Å²) in [7, 11) is 1.78. The van der Waals surface area contributed by atoms with Crippen molar-refractivity contribution in [3.05, 3.63) is 42.7 Å². The number of para-hydroxylation sites is 1. The van der Waals surface area contributed by atoms with Crippen LogP contribution in [0.25, 0.3) is 0 Å². The first-order valence-electron chi connectivity index (χ1n) is 6.78. The highest BCUT2D eigenvalue weighted by Crippen LogP contribution is 2.25. The number of hydrogen-bond donors (Lipinski definition) is 1. The summed E-state index contributed by atoms with van der Waals surface area (Å²) < 4.78 is 1.62. The molecule has 1 aliphatic rings. The van der Waals surface area contributed by atoms with Crippen molar-refractivity contribution in [2.75, 3.05) is 16.8 Å². The standard InChI is InChI=1S/C15H16N4O2/c1-18-10-12(8-16-18)17-15(21)11-7-14(20)19(9-11)13-5-3-2-4-6-13/h2-6,8,10-11H,7,9H2,1H3,(H,17,21). The first-order chi connectivity index (χ1) is 10.1. The molecule has 6 heteroatoms. The number of carbonyl (C=O) groups excluding carboxylic acids is 2. The lowest BCUT2D eigenvalue weighted by Gasteiger charge is -2.16. The van der Waals surface area contributed by atoms with Gasteiger partial charge in [-0.05, 0) is 12.1 Å². The number of nitrogens with zero attached hydrogens (tertiary/aromatic N) is 3. The topological polar surface area (TPSA) is 67.2 Å².